The molecular formula is C22H16BrClFN3. The van der Waals surface area contributed by atoms with Crippen LogP contribution >= 0.6 is 27.5 Å². The highest BCUT2D eigenvalue weighted by atomic mass is 79.9. The second-order valence-electron chi connectivity index (χ2n) is 6.93. The van der Waals surface area contributed by atoms with Crippen LogP contribution in [0.3, 0.4) is 0 Å². The number of hydrogen-bond donors (Lipinski definition) is 1. The second kappa shape index (κ2) is 6.90. The molecule has 0 bridgehead atoms. The van der Waals surface area contributed by atoms with E-state index >= 15 is 0 Å². The van der Waals surface area contributed by atoms with Crippen LogP contribution < -0.4 is 5.32 Å². The third-order valence-corrected chi connectivity index (χ3v) is 6.22. The van der Waals surface area contributed by atoms with Crippen molar-refractivity contribution in [1.82, 2.24) is 9.55 Å². The SMILES string of the molecule is Fc1cccc(Br)c1[C@@H]1C[C@@H](c2ccc(Cl)cc2)Nc2nc3ccccc3n21. The lowest BCUT2D eigenvalue weighted by Crippen LogP contribution is -2.28. The van der Waals surface area contributed by atoms with Crippen molar-refractivity contribution in [3.63, 3.8) is 0 Å². The van der Waals surface area contributed by atoms with Crippen LogP contribution in [-0.2, 0) is 0 Å². The molecule has 1 aliphatic rings. The van der Waals surface area contributed by atoms with Crippen LogP contribution in [0.15, 0.2) is 71.2 Å². The van der Waals surface area contributed by atoms with Gasteiger partial charge in [-0.1, -0.05) is 57.9 Å². The van der Waals surface area contributed by atoms with E-state index < -0.39 is 0 Å². The molecule has 0 unspecified atom stereocenters. The Kier molecular flexibility index (Phi) is 4.37. The molecule has 2 heterocycles. The molecule has 0 fully saturated rings. The Morgan fingerprint density at radius 2 is 1.82 bits per heavy atom. The maximum absolute atomic E-state index is 14.9. The van der Waals surface area contributed by atoms with Gasteiger partial charge in [-0.2, -0.15) is 0 Å². The Hall–Kier alpha value is -2.37. The van der Waals surface area contributed by atoms with Gasteiger partial charge < -0.3 is 9.88 Å². The van der Waals surface area contributed by atoms with Crippen LogP contribution in [-0.4, -0.2) is 9.55 Å². The average Bonchev–Trinajstić information content (AvgIpc) is 3.07. The summed E-state index contributed by atoms with van der Waals surface area (Å²) in [5.74, 6) is 0.521. The first-order valence-corrected chi connectivity index (χ1v) is 10.2. The minimum Gasteiger partial charge on any atom is -0.349 e. The molecule has 0 spiro atoms. The summed E-state index contributed by atoms with van der Waals surface area (Å²) in [6.07, 6.45) is 0.689. The van der Waals surface area contributed by atoms with E-state index in [0.717, 1.165) is 27.0 Å². The fourth-order valence-corrected chi connectivity index (χ4v) is 4.73. The molecule has 1 aliphatic heterocycles. The number of nitrogens with zero attached hydrogens (tertiary/aromatic N) is 2. The van der Waals surface area contributed by atoms with E-state index in [0.29, 0.717) is 17.0 Å². The zero-order valence-corrected chi connectivity index (χ0v) is 17.1. The van der Waals surface area contributed by atoms with Crippen LogP contribution in [0.5, 0.6) is 0 Å². The summed E-state index contributed by atoms with van der Waals surface area (Å²) in [5.41, 5.74) is 3.62. The summed E-state index contributed by atoms with van der Waals surface area (Å²) in [6.45, 7) is 0. The molecule has 5 rings (SSSR count). The van der Waals surface area contributed by atoms with Crippen molar-refractivity contribution in [1.29, 1.82) is 0 Å². The van der Waals surface area contributed by atoms with Crippen LogP contribution in [0.25, 0.3) is 11.0 Å². The van der Waals surface area contributed by atoms with Crippen LogP contribution in [0.2, 0.25) is 5.02 Å². The molecule has 0 aliphatic carbocycles. The molecule has 0 saturated carbocycles. The van der Waals surface area contributed by atoms with Gasteiger partial charge in [0.1, 0.15) is 5.82 Å². The molecule has 3 aromatic carbocycles. The lowest BCUT2D eigenvalue weighted by Gasteiger charge is -2.34. The molecule has 6 heteroatoms. The lowest BCUT2D eigenvalue weighted by molar-refractivity contribution is 0.455. The van der Waals surface area contributed by atoms with E-state index in [4.69, 9.17) is 16.6 Å². The number of hydrogen-bond acceptors (Lipinski definition) is 2. The normalized spacial score (nSPS) is 18.7. The van der Waals surface area contributed by atoms with E-state index in [9.17, 15) is 4.39 Å². The average molecular weight is 457 g/mol. The smallest absolute Gasteiger partial charge is 0.204 e. The maximum Gasteiger partial charge on any atom is 0.204 e. The number of anilines is 1. The summed E-state index contributed by atoms with van der Waals surface area (Å²) >= 11 is 9.62. The molecule has 3 nitrogen and oxygen atoms in total. The number of imidazole rings is 1. The number of para-hydroxylation sites is 2. The van der Waals surface area contributed by atoms with Gasteiger partial charge in [-0.15, -0.1) is 0 Å². The van der Waals surface area contributed by atoms with Gasteiger partial charge in [0.15, 0.2) is 0 Å². The monoisotopic (exact) mass is 455 g/mol. The largest absolute Gasteiger partial charge is 0.349 e. The standard InChI is InChI=1S/C22H16BrClFN3/c23-15-4-3-5-16(25)21(15)20-12-18(13-8-10-14(24)11-9-13)27-22-26-17-6-1-2-7-19(17)28(20)22/h1-11,18,20H,12H2,(H,26,27)/t18-,20-/m0/s1. The van der Waals surface area contributed by atoms with Gasteiger partial charge in [-0.3, -0.25) is 0 Å². The molecule has 1 N–H and O–H groups in total. The summed E-state index contributed by atoms with van der Waals surface area (Å²) in [4.78, 5) is 4.77. The molecule has 140 valence electrons. The Labute approximate surface area is 175 Å². The second-order valence-corrected chi connectivity index (χ2v) is 8.22. The van der Waals surface area contributed by atoms with Gasteiger partial charge in [0.05, 0.1) is 23.1 Å². The minimum atomic E-state index is -0.222. The van der Waals surface area contributed by atoms with Crippen molar-refractivity contribution in [3.05, 3.63) is 93.2 Å². The molecule has 2 atom stereocenters. The van der Waals surface area contributed by atoms with Crippen molar-refractivity contribution in [3.8, 4) is 0 Å². The summed E-state index contributed by atoms with van der Waals surface area (Å²) in [7, 11) is 0. The van der Waals surface area contributed by atoms with Crippen molar-refractivity contribution in [2.45, 2.75) is 18.5 Å². The summed E-state index contributed by atoms with van der Waals surface area (Å²) in [6, 6.07) is 20.6. The van der Waals surface area contributed by atoms with Crippen molar-refractivity contribution in [2.24, 2.45) is 0 Å². The van der Waals surface area contributed by atoms with Gasteiger partial charge in [0.2, 0.25) is 5.95 Å². The topological polar surface area (TPSA) is 29.9 Å². The first-order chi connectivity index (χ1) is 13.6. The Bertz CT molecular complexity index is 1150. The zero-order chi connectivity index (χ0) is 19.3. The highest BCUT2D eigenvalue weighted by Gasteiger charge is 2.33. The van der Waals surface area contributed by atoms with E-state index in [1.54, 1.807) is 6.07 Å². The van der Waals surface area contributed by atoms with Crippen molar-refractivity contribution < 1.29 is 4.39 Å². The number of nitrogens with one attached hydrogen (secondary N) is 1. The summed E-state index contributed by atoms with van der Waals surface area (Å²) < 4.78 is 17.8. The van der Waals surface area contributed by atoms with Gasteiger partial charge in [0, 0.05) is 15.1 Å². The first-order valence-electron chi connectivity index (χ1n) is 9.04. The number of fused-ring (bicyclic) bond motifs is 3. The molecule has 0 saturated heterocycles. The molecule has 28 heavy (non-hydrogen) atoms. The van der Waals surface area contributed by atoms with E-state index in [1.165, 1.54) is 6.07 Å². The maximum atomic E-state index is 14.9. The predicted molar refractivity (Wildman–Crippen MR) is 114 cm³/mol. The van der Waals surface area contributed by atoms with Gasteiger partial charge in [-0.05, 0) is 48.4 Å². The van der Waals surface area contributed by atoms with Crippen molar-refractivity contribution in [2.75, 3.05) is 5.32 Å². The molecule has 4 aromatic rings. The quantitative estimate of drug-likeness (QED) is 0.362. The zero-order valence-electron chi connectivity index (χ0n) is 14.7. The number of aromatic nitrogens is 2. The van der Waals surface area contributed by atoms with Gasteiger partial charge in [0.25, 0.3) is 0 Å². The first kappa shape index (κ1) is 17.7. The van der Waals surface area contributed by atoms with Gasteiger partial charge in [-0.25, -0.2) is 9.37 Å². The van der Waals surface area contributed by atoms with E-state index in [2.05, 4.69) is 25.8 Å². The molecule has 0 radical (unpaired) electrons. The number of rotatable bonds is 2. The van der Waals surface area contributed by atoms with Crippen molar-refractivity contribution >= 4 is 44.5 Å². The molecular weight excluding hydrogens is 441 g/mol. The highest BCUT2D eigenvalue weighted by molar-refractivity contribution is 9.10. The fourth-order valence-electron chi connectivity index (χ4n) is 4.00. The number of halogens is 3. The van der Waals surface area contributed by atoms with E-state index in [1.807, 2.05) is 54.6 Å². The highest BCUT2D eigenvalue weighted by Crippen LogP contribution is 2.43. The number of benzene rings is 3. The van der Waals surface area contributed by atoms with Gasteiger partial charge >= 0.3 is 0 Å². The molecule has 0 amide bonds. The minimum absolute atomic E-state index is 0.00177. The molecule has 1 aromatic heterocycles. The Balaban J connectivity index is 1.71. The summed E-state index contributed by atoms with van der Waals surface area (Å²) in [5, 5.41) is 4.23. The van der Waals surface area contributed by atoms with Crippen LogP contribution in [0.4, 0.5) is 10.3 Å². The third kappa shape index (κ3) is 2.90. The van der Waals surface area contributed by atoms with Crippen LogP contribution in [0, 0.1) is 5.82 Å². The third-order valence-electron chi connectivity index (χ3n) is 5.28. The Morgan fingerprint density at radius 1 is 1.04 bits per heavy atom. The van der Waals surface area contributed by atoms with E-state index in [-0.39, 0.29) is 17.9 Å². The Morgan fingerprint density at radius 3 is 2.61 bits per heavy atom. The fraction of sp³-hybridized carbons (Fsp3) is 0.136. The van der Waals surface area contributed by atoms with Crippen LogP contribution in [0.1, 0.15) is 29.6 Å². The lowest BCUT2D eigenvalue weighted by atomic mass is 9.92. The predicted octanol–water partition coefficient (Wildman–Crippen LogP) is 6.74.